The summed E-state index contributed by atoms with van der Waals surface area (Å²) in [5, 5.41) is 0. The number of nitrogens with zero attached hydrogens (tertiary/aromatic N) is 2. The van der Waals surface area contributed by atoms with Gasteiger partial charge < -0.3 is 24.3 Å². The first-order valence-electron chi connectivity index (χ1n) is 5.99. The van der Waals surface area contributed by atoms with Gasteiger partial charge in [-0.05, 0) is 20.8 Å². The quantitative estimate of drug-likeness (QED) is 0.521. The normalized spacial score (nSPS) is 11.0. The Morgan fingerprint density at radius 1 is 1.11 bits per heavy atom. The van der Waals surface area contributed by atoms with E-state index in [1.807, 2.05) is 0 Å². The molecular weight excluding hydrogens is 275 g/mol. The maximum Gasteiger partial charge on any atom is 0.344 e. The molecule has 0 rings (SSSR count). The first-order valence-corrected chi connectivity index (χ1v) is 7.78. The van der Waals surface area contributed by atoms with Gasteiger partial charge in [-0.1, -0.05) is 0 Å². The lowest BCUT2D eigenvalue weighted by molar-refractivity contribution is -0.143. The van der Waals surface area contributed by atoms with Gasteiger partial charge in [-0.2, -0.15) is 0 Å². The molecule has 0 unspecified atom stereocenters. The maximum atomic E-state index is 12.0. The van der Waals surface area contributed by atoms with Gasteiger partial charge in [-0.15, -0.1) is 0 Å². The van der Waals surface area contributed by atoms with E-state index in [-0.39, 0.29) is 6.61 Å². The first kappa shape index (κ1) is 17.9. The lowest BCUT2D eigenvalue weighted by atomic mass is 10.5. The van der Waals surface area contributed by atoms with E-state index in [9.17, 15) is 14.2 Å². The number of urea groups is 1. The van der Waals surface area contributed by atoms with Crippen LogP contribution in [0.2, 0.25) is 0 Å². The van der Waals surface area contributed by atoms with E-state index in [1.165, 1.54) is 4.90 Å². The minimum Gasteiger partial charge on any atom is -0.465 e. The molecule has 0 heterocycles. The molecule has 0 atom stereocenters. The van der Waals surface area contributed by atoms with Crippen molar-refractivity contribution in [1.82, 2.24) is 9.80 Å². The molecule has 112 valence electrons. The molecule has 0 aliphatic heterocycles. The molecule has 0 saturated carbocycles. The number of rotatable bonds is 7. The van der Waals surface area contributed by atoms with Crippen molar-refractivity contribution in [2.75, 3.05) is 32.5 Å². The van der Waals surface area contributed by atoms with Gasteiger partial charge in [-0.25, -0.2) is 4.79 Å². The second-order valence-corrected chi connectivity index (χ2v) is 5.38. The molecule has 9 heteroatoms. The van der Waals surface area contributed by atoms with Crippen molar-refractivity contribution in [3.8, 4) is 0 Å². The fourth-order valence-electron chi connectivity index (χ4n) is 1.46. The lowest BCUT2D eigenvalue weighted by Gasteiger charge is -2.28. The third kappa shape index (κ3) is 7.15. The van der Waals surface area contributed by atoms with Crippen LogP contribution in [0.4, 0.5) is 4.79 Å². The lowest BCUT2D eigenvalue weighted by Crippen LogP contribution is -2.45. The Bertz CT molecular complexity index is 352. The number of amides is 2. The molecule has 2 amide bonds. The number of ether oxygens (including phenoxy) is 1. The Kier molecular flexibility index (Phi) is 7.66. The zero-order valence-corrected chi connectivity index (χ0v) is 12.3. The standard InChI is InChI=1S/C10H21N2O6P/c1-4-11(5-2)10(14)12(8-19(15,16)17)7-9(13)18-6-3/h4-8H2,1-3H3,(H2,15,16,17). The molecule has 19 heavy (non-hydrogen) atoms. The summed E-state index contributed by atoms with van der Waals surface area (Å²) in [6, 6.07) is -0.596. The molecule has 2 N–H and O–H groups in total. The average molecular weight is 296 g/mol. The van der Waals surface area contributed by atoms with Crippen molar-refractivity contribution in [3.05, 3.63) is 0 Å². The van der Waals surface area contributed by atoms with E-state index in [0.717, 1.165) is 4.90 Å². The van der Waals surface area contributed by atoms with Gasteiger partial charge in [0.05, 0.1) is 6.61 Å². The molecular formula is C10H21N2O6P. The van der Waals surface area contributed by atoms with Gasteiger partial charge in [0.15, 0.2) is 0 Å². The van der Waals surface area contributed by atoms with E-state index >= 15 is 0 Å². The molecule has 0 radical (unpaired) electrons. The SMILES string of the molecule is CCOC(=O)CN(CP(=O)(O)O)C(=O)N(CC)CC. The molecule has 0 bridgehead atoms. The molecule has 0 aliphatic rings. The van der Waals surface area contributed by atoms with Crippen LogP contribution >= 0.6 is 7.60 Å². The van der Waals surface area contributed by atoms with Crippen LogP contribution in [0.1, 0.15) is 20.8 Å². The van der Waals surface area contributed by atoms with Crippen LogP contribution in [0.15, 0.2) is 0 Å². The van der Waals surface area contributed by atoms with Crippen LogP contribution in [0.3, 0.4) is 0 Å². The van der Waals surface area contributed by atoms with Gasteiger partial charge in [0, 0.05) is 13.1 Å². The van der Waals surface area contributed by atoms with Crippen LogP contribution in [0, 0.1) is 0 Å². The summed E-state index contributed by atoms with van der Waals surface area (Å²) in [7, 11) is -4.44. The van der Waals surface area contributed by atoms with Crippen LogP contribution in [0.25, 0.3) is 0 Å². The van der Waals surface area contributed by atoms with Crippen molar-refractivity contribution >= 4 is 19.6 Å². The summed E-state index contributed by atoms with van der Waals surface area (Å²) in [6.45, 7) is 5.52. The van der Waals surface area contributed by atoms with E-state index in [2.05, 4.69) is 4.74 Å². The molecule has 0 aromatic heterocycles. The molecule has 8 nitrogen and oxygen atoms in total. The number of hydrogen-bond acceptors (Lipinski definition) is 4. The highest BCUT2D eigenvalue weighted by atomic mass is 31.2. The van der Waals surface area contributed by atoms with Gasteiger partial charge in [0.25, 0.3) is 0 Å². The summed E-state index contributed by atoms with van der Waals surface area (Å²) in [5.41, 5.74) is 0. The minimum absolute atomic E-state index is 0.141. The second-order valence-electron chi connectivity index (χ2n) is 3.76. The zero-order valence-electron chi connectivity index (χ0n) is 11.4. The fourth-order valence-corrected chi connectivity index (χ4v) is 2.12. The van der Waals surface area contributed by atoms with Crippen LogP contribution in [0.5, 0.6) is 0 Å². The predicted octanol–water partition coefficient (Wildman–Crippen LogP) is 0.448. The van der Waals surface area contributed by atoms with Crippen molar-refractivity contribution in [1.29, 1.82) is 0 Å². The van der Waals surface area contributed by atoms with Gasteiger partial charge >= 0.3 is 19.6 Å². The van der Waals surface area contributed by atoms with Crippen molar-refractivity contribution in [3.63, 3.8) is 0 Å². The summed E-state index contributed by atoms with van der Waals surface area (Å²) in [6.07, 6.45) is -0.804. The number of carbonyl (C=O) groups is 2. The monoisotopic (exact) mass is 296 g/mol. The molecule has 0 aromatic carbocycles. The van der Waals surface area contributed by atoms with Crippen molar-refractivity contribution in [2.24, 2.45) is 0 Å². The third-order valence-corrected chi connectivity index (χ3v) is 2.99. The Morgan fingerprint density at radius 2 is 1.63 bits per heavy atom. The van der Waals surface area contributed by atoms with Crippen LogP contribution in [-0.2, 0) is 14.1 Å². The Morgan fingerprint density at radius 3 is 2.00 bits per heavy atom. The molecule has 0 saturated heterocycles. The molecule has 0 aromatic rings. The summed E-state index contributed by atoms with van der Waals surface area (Å²) in [4.78, 5) is 43.5. The Hall–Kier alpha value is -1.11. The van der Waals surface area contributed by atoms with Crippen molar-refractivity contribution < 1.29 is 28.7 Å². The van der Waals surface area contributed by atoms with E-state index in [1.54, 1.807) is 20.8 Å². The smallest absolute Gasteiger partial charge is 0.344 e. The second kappa shape index (κ2) is 8.14. The fraction of sp³-hybridized carbons (Fsp3) is 0.800. The number of hydrogen-bond donors (Lipinski definition) is 2. The van der Waals surface area contributed by atoms with Gasteiger partial charge in [0.2, 0.25) is 0 Å². The Labute approximate surface area is 112 Å². The summed E-state index contributed by atoms with van der Waals surface area (Å²) in [5.74, 6) is -0.698. The third-order valence-electron chi connectivity index (χ3n) is 2.28. The van der Waals surface area contributed by atoms with Crippen molar-refractivity contribution in [2.45, 2.75) is 20.8 Å². The van der Waals surface area contributed by atoms with E-state index in [0.29, 0.717) is 13.1 Å². The average Bonchev–Trinajstić information content (AvgIpc) is 2.28. The highest BCUT2D eigenvalue weighted by Crippen LogP contribution is 2.35. The topological polar surface area (TPSA) is 107 Å². The maximum absolute atomic E-state index is 12.0. The molecule has 0 spiro atoms. The van der Waals surface area contributed by atoms with Gasteiger partial charge in [-0.3, -0.25) is 9.36 Å². The molecule has 0 fully saturated rings. The van der Waals surface area contributed by atoms with Crippen LogP contribution < -0.4 is 0 Å². The first-order chi connectivity index (χ1) is 8.75. The zero-order chi connectivity index (χ0) is 15.1. The Balaban J connectivity index is 4.89. The van der Waals surface area contributed by atoms with E-state index < -0.39 is 32.4 Å². The summed E-state index contributed by atoms with van der Waals surface area (Å²) < 4.78 is 15.7. The van der Waals surface area contributed by atoms with E-state index in [4.69, 9.17) is 9.79 Å². The predicted molar refractivity (Wildman–Crippen MR) is 68.6 cm³/mol. The number of esters is 1. The minimum atomic E-state index is -4.44. The highest BCUT2D eigenvalue weighted by Gasteiger charge is 2.28. The largest absolute Gasteiger partial charge is 0.465 e. The van der Waals surface area contributed by atoms with Gasteiger partial charge in [0.1, 0.15) is 12.8 Å². The highest BCUT2D eigenvalue weighted by molar-refractivity contribution is 7.51. The summed E-state index contributed by atoms with van der Waals surface area (Å²) >= 11 is 0. The molecule has 0 aliphatic carbocycles. The van der Waals surface area contributed by atoms with Crippen LogP contribution in [-0.4, -0.2) is 64.1 Å². The number of carbonyl (C=O) groups excluding carboxylic acids is 2.